The molecule has 1 aliphatic carbocycles. The molecule has 19 heavy (non-hydrogen) atoms. The van der Waals surface area contributed by atoms with Gasteiger partial charge >= 0.3 is 0 Å². The summed E-state index contributed by atoms with van der Waals surface area (Å²) >= 11 is 6.08. The van der Waals surface area contributed by atoms with Gasteiger partial charge in [-0.15, -0.1) is 0 Å². The Morgan fingerprint density at radius 2 is 2.26 bits per heavy atom. The number of ketones is 1. The fraction of sp³-hybridized carbons (Fsp3) is 0.533. The molecule has 0 aromatic heterocycles. The highest BCUT2D eigenvalue weighted by Gasteiger charge is 2.22. The molecule has 1 N–H and O–H groups in total. The maximum atomic E-state index is 12.0. The topological polar surface area (TPSA) is 38.3 Å². The molecule has 1 heterocycles. The number of halogens is 1. The van der Waals surface area contributed by atoms with Crippen LogP contribution in [0.3, 0.4) is 0 Å². The van der Waals surface area contributed by atoms with Gasteiger partial charge < -0.3 is 10.1 Å². The summed E-state index contributed by atoms with van der Waals surface area (Å²) in [6.07, 6.45) is 3.89. The van der Waals surface area contributed by atoms with E-state index in [0.717, 1.165) is 35.8 Å². The van der Waals surface area contributed by atoms with Gasteiger partial charge in [-0.3, -0.25) is 4.79 Å². The Kier molecular flexibility index (Phi) is 3.76. The fourth-order valence-electron chi connectivity index (χ4n) is 2.49. The van der Waals surface area contributed by atoms with Crippen LogP contribution in [0, 0.1) is 5.92 Å². The van der Waals surface area contributed by atoms with Gasteiger partial charge in [0.2, 0.25) is 0 Å². The van der Waals surface area contributed by atoms with Crippen molar-refractivity contribution in [1.29, 1.82) is 0 Å². The molecule has 4 heteroatoms. The van der Waals surface area contributed by atoms with E-state index in [1.807, 2.05) is 12.1 Å². The summed E-state index contributed by atoms with van der Waals surface area (Å²) in [6.45, 7) is 2.10. The molecule has 0 bridgehead atoms. The summed E-state index contributed by atoms with van der Waals surface area (Å²) < 4.78 is 5.61. The number of carbonyl (C=O) groups excluding carboxylic acids is 1. The molecule has 102 valence electrons. The molecule has 3 rings (SSSR count). The zero-order valence-corrected chi connectivity index (χ0v) is 11.6. The zero-order chi connectivity index (χ0) is 13.2. The minimum Gasteiger partial charge on any atom is -0.493 e. The van der Waals surface area contributed by atoms with E-state index in [1.165, 1.54) is 12.8 Å². The first-order valence-corrected chi connectivity index (χ1v) is 7.26. The predicted molar refractivity (Wildman–Crippen MR) is 75.0 cm³/mol. The monoisotopic (exact) mass is 279 g/mol. The standard InChI is InChI=1S/C15H18ClNO2/c16-13-5-11-3-4-19-15(11)12(6-13)7-14(18)9-17-8-10-1-2-10/h5-6,10,17H,1-4,7-9H2. The lowest BCUT2D eigenvalue weighted by Crippen LogP contribution is -2.26. The van der Waals surface area contributed by atoms with E-state index in [0.29, 0.717) is 24.6 Å². The molecule has 0 amide bonds. The highest BCUT2D eigenvalue weighted by Crippen LogP contribution is 2.33. The molecule has 0 spiro atoms. The van der Waals surface area contributed by atoms with Crippen LogP contribution in [-0.2, 0) is 17.6 Å². The minimum absolute atomic E-state index is 0.195. The second-order valence-corrected chi connectivity index (χ2v) is 5.88. The average Bonchev–Trinajstić information content (AvgIpc) is 3.05. The van der Waals surface area contributed by atoms with Crippen molar-refractivity contribution in [3.05, 3.63) is 28.3 Å². The normalized spacial score (nSPS) is 17.1. The summed E-state index contributed by atoms with van der Waals surface area (Å²) in [7, 11) is 0. The molecular weight excluding hydrogens is 262 g/mol. The molecule has 1 saturated carbocycles. The Morgan fingerprint density at radius 1 is 1.42 bits per heavy atom. The third-order valence-electron chi connectivity index (χ3n) is 3.67. The van der Waals surface area contributed by atoms with Gasteiger partial charge in [0.15, 0.2) is 5.78 Å². The molecule has 0 saturated heterocycles. The molecule has 1 fully saturated rings. The Bertz CT molecular complexity index is 497. The first kappa shape index (κ1) is 12.9. The summed E-state index contributed by atoms with van der Waals surface area (Å²) in [6, 6.07) is 3.79. The van der Waals surface area contributed by atoms with Crippen LogP contribution in [0.5, 0.6) is 5.75 Å². The lowest BCUT2D eigenvalue weighted by molar-refractivity contribution is -0.117. The van der Waals surface area contributed by atoms with Gasteiger partial charge in [-0.05, 0) is 43.0 Å². The highest BCUT2D eigenvalue weighted by atomic mass is 35.5. The average molecular weight is 280 g/mol. The van der Waals surface area contributed by atoms with Crippen molar-refractivity contribution in [1.82, 2.24) is 5.32 Å². The van der Waals surface area contributed by atoms with Crippen molar-refractivity contribution >= 4 is 17.4 Å². The summed E-state index contributed by atoms with van der Waals surface area (Å²) in [5, 5.41) is 3.92. The second-order valence-electron chi connectivity index (χ2n) is 5.44. The van der Waals surface area contributed by atoms with Gasteiger partial charge in [0.25, 0.3) is 0 Å². The lowest BCUT2D eigenvalue weighted by Gasteiger charge is -2.09. The summed E-state index contributed by atoms with van der Waals surface area (Å²) in [4.78, 5) is 12.0. The largest absolute Gasteiger partial charge is 0.493 e. The van der Waals surface area contributed by atoms with E-state index < -0.39 is 0 Å². The van der Waals surface area contributed by atoms with Gasteiger partial charge in [-0.25, -0.2) is 0 Å². The number of nitrogens with one attached hydrogen (secondary N) is 1. The maximum absolute atomic E-state index is 12.0. The fourth-order valence-corrected chi connectivity index (χ4v) is 2.75. The van der Waals surface area contributed by atoms with Gasteiger partial charge in [0, 0.05) is 23.4 Å². The number of hydrogen-bond donors (Lipinski definition) is 1. The molecular formula is C15H18ClNO2. The minimum atomic E-state index is 0.195. The Balaban J connectivity index is 1.60. The Labute approximate surface area is 118 Å². The number of rotatable bonds is 6. The lowest BCUT2D eigenvalue weighted by atomic mass is 10.0. The van der Waals surface area contributed by atoms with Crippen LogP contribution in [0.2, 0.25) is 5.02 Å². The second kappa shape index (κ2) is 5.51. The number of benzene rings is 1. The van der Waals surface area contributed by atoms with Crippen molar-refractivity contribution in [2.75, 3.05) is 19.7 Å². The van der Waals surface area contributed by atoms with Crippen molar-refractivity contribution in [3.63, 3.8) is 0 Å². The van der Waals surface area contributed by atoms with Gasteiger partial charge in [-0.1, -0.05) is 11.6 Å². The van der Waals surface area contributed by atoms with Crippen LogP contribution in [0.1, 0.15) is 24.0 Å². The van der Waals surface area contributed by atoms with E-state index in [9.17, 15) is 4.79 Å². The van der Waals surface area contributed by atoms with Crippen LogP contribution in [0.25, 0.3) is 0 Å². The molecule has 1 aliphatic heterocycles. The van der Waals surface area contributed by atoms with Crippen LogP contribution in [0.15, 0.2) is 12.1 Å². The first-order valence-electron chi connectivity index (χ1n) is 6.89. The van der Waals surface area contributed by atoms with E-state index in [1.54, 1.807) is 0 Å². The number of carbonyl (C=O) groups is 1. The molecule has 0 radical (unpaired) electrons. The smallest absolute Gasteiger partial charge is 0.151 e. The van der Waals surface area contributed by atoms with Gasteiger partial charge in [-0.2, -0.15) is 0 Å². The van der Waals surface area contributed by atoms with E-state index in [2.05, 4.69) is 5.32 Å². The van der Waals surface area contributed by atoms with Crippen molar-refractivity contribution in [2.24, 2.45) is 5.92 Å². The van der Waals surface area contributed by atoms with E-state index >= 15 is 0 Å². The molecule has 1 aromatic rings. The third kappa shape index (κ3) is 3.28. The SMILES string of the molecule is O=C(CNCC1CC1)Cc1cc(Cl)cc2c1OCC2. The predicted octanol–water partition coefficient (Wildman–Crippen LogP) is 2.39. The third-order valence-corrected chi connectivity index (χ3v) is 3.88. The molecule has 0 unspecified atom stereocenters. The number of ether oxygens (including phenoxy) is 1. The van der Waals surface area contributed by atoms with E-state index in [4.69, 9.17) is 16.3 Å². The van der Waals surface area contributed by atoms with Crippen LogP contribution >= 0.6 is 11.6 Å². The van der Waals surface area contributed by atoms with Crippen molar-refractivity contribution in [3.8, 4) is 5.75 Å². The van der Waals surface area contributed by atoms with Gasteiger partial charge in [0.05, 0.1) is 13.2 Å². The van der Waals surface area contributed by atoms with Gasteiger partial charge in [0.1, 0.15) is 5.75 Å². The molecule has 2 aliphatic rings. The Hall–Kier alpha value is -1.06. The van der Waals surface area contributed by atoms with Crippen molar-refractivity contribution in [2.45, 2.75) is 25.7 Å². The first-order chi connectivity index (χ1) is 9.22. The summed E-state index contributed by atoms with van der Waals surface area (Å²) in [5.74, 6) is 1.87. The summed E-state index contributed by atoms with van der Waals surface area (Å²) in [5.41, 5.74) is 2.06. The maximum Gasteiger partial charge on any atom is 0.151 e. The highest BCUT2D eigenvalue weighted by molar-refractivity contribution is 6.30. The van der Waals surface area contributed by atoms with Crippen LogP contribution < -0.4 is 10.1 Å². The van der Waals surface area contributed by atoms with Crippen LogP contribution in [0.4, 0.5) is 0 Å². The Morgan fingerprint density at radius 3 is 3.05 bits per heavy atom. The number of fused-ring (bicyclic) bond motifs is 1. The van der Waals surface area contributed by atoms with Crippen molar-refractivity contribution < 1.29 is 9.53 Å². The molecule has 0 atom stereocenters. The molecule has 3 nitrogen and oxygen atoms in total. The quantitative estimate of drug-likeness (QED) is 0.869. The zero-order valence-electron chi connectivity index (χ0n) is 10.9. The number of Topliss-reactive ketones (excluding diaryl/α,β-unsaturated/α-hetero) is 1. The molecule has 1 aromatic carbocycles. The van der Waals surface area contributed by atoms with Crippen LogP contribution in [-0.4, -0.2) is 25.5 Å². The van der Waals surface area contributed by atoms with E-state index in [-0.39, 0.29) is 5.78 Å². The number of hydrogen-bond acceptors (Lipinski definition) is 3.